The van der Waals surface area contributed by atoms with Gasteiger partial charge in [-0.1, -0.05) is 35.9 Å². The largest absolute Gasteiger partial charge is 0.285 e. The number of benzene rings is 1. The summed E-state index contributed by atoms with van der Waals surface area (Å²) in [6, 6.07) is 7.69. The van der Waals surface area contributed by atoms with Crippen molar-refractivity contribution in [1.29, 1.82) is 0 Å². The zero-order chi connectivity index (χ0) is 9.68. The number of halogens is 1. The van der Waals surface area contributed by atoms with E-state index >= 15 is 0 Å². The van der Waals surface area contributed by atoms with Gasteiger partial charge in [-0.2, -0.15) is 0 Å². The maximum atomic E-state index is 5.99. The minimum Gasteiger partial charge on any atom is -0.285 e. The lowest BCUT2D eigenvalue weighted by molar-refractivity contribution is 1.24. The Kier molecular flexibility index (Phi) is 3.71. The van der Waals surface area contributed by atoms with Crippen molar-refractivity contribution in [2.45, 2.75) is 6.92 Å². The second kappa shape index (κ2) is 4.83. The molecule has 1 nitrogen and oxygen atoms in total. The van der Waals surface area contributed by atoms with Gasteiger partial charge >= 0.3 is 0 Å². The average molecular weight is 194 g/mol. The Balaban J connectivity index is 2.94. The molecule has 0 spiro atoms. The molecule has 68 valence electrons. The van der Waals surface area contributed by atoms with E-state index in [1.54, 1.807) is 6.08 Å². The van der Waals surface area contributed by atoms with E-state index in [0.29, 0.717) is 6.54 Å². The molecule has 0 saturated heterocycles. The minimum atomic E-state index is 0.636. The monoisotopic (exact) mass is 193 g/mol. The molecule has 0 unspecified atom stereocenters. The van der Waals surface area contributed by atoms with E-state index < -0.39 is 0 Å². The van der Waals surface area contributed by atoms with Crippen LogP contribution in [-0.4, -0.2) is 12.3 Å². The molecule has 0 heterocycles. The summed E-state index contributed by atoms with van der Waals surface area (Å²) in [6.07, 6.45) is 1.76. The van der Waals surface area contributed by atoms with Gasteiger partial charge in [-0.25, -0.2) is 0 Å². The first kappa shape index (κ1) is 10.0. The lowest BCUT2D eigenvalue weighted by Crippen LogP contribution is -1.96. The van der Waals surface area contributed by atoms with Crippen LogP contribution in [0.4, 0.5) is 0 Å². The molecule has 1 rings (SSSR count). The zero-order valence-electron chi connectivity index (χ0n) is 7.63. The van der Waals surface area contributed by atoms with Crippen molar-refractivity contribution < 1.29 is 0 Å². The van der Waals surface area contributed by atoms with Crippen LogP contribution in [0.2, 0.25) is 5.02 Å². The van der Waals surface area contributed by atoms with Gasteiger partial charge in [0.05, 0.1) is 6.54 Å². The Morgan fingerprint density at radius 3 is 2.85 bits per heavy atom. The summed E-state index contributed by atoms with van der Waals surface area (Å²) in [4.78, 5) is 4.29. The molecule has 0 atom stereocenters. The Morgan fingerprint density at radius 2 is 2.23 bits per heavy atom. The van der Waals surface area contributed by atoms with Crippen LogP contribution in [0.15, 0.2) is 41.9 Å². The minimum absolute atomic E-state index is 0.636. The molecule has 0 aromatic heterocycles. The van der Waals surface area contributed by atoms with Gasteiger partial charge in [0.15, 0.2) is 0 Å². The summed E-state index contributed by atoms with van der Waals surface area (Å²) in [6.45, 7) is 6.19. The normalized spacial score (nSPS) is 11.4. The third kappa shape index (κ3) is 2.71. The maximum absolute atomic E-state index is 5.99. The van der Waals surface area contributed by atoms with Crippen molar-refractivity contribution in [3.63, 3.8) is 0 Å². The van der Waals surface area contributed by atoms with E-state index in [1.807, 2.05) is 31.2 Å². The molecule has 0 aliphatic carbocycles. The molecule has 2 heteroatoms. The number of hydrogen-bond acceptors (Lipinski definition) is 1. The number of hydrogen-bond donors (Lipinski definition) is 0. The van der Waals surface area contributed by atoms with Gasteiger partial charge in [-0.3, -0.25) is 4.99 Å². The zero-order valence-corrected chi connectivity index (χ0v) is 8.38. The molecule has 0 N–H and O–H groups in total. The number of rotatable bonds is 3. The molecule has 1 aromatic rings. The highest BCUT2D eigenvalue weighted by Gasteiger charge is 2.00. The first-order valence-electron chi connectivity index (χ1n) is 4.12. The van der Waals surface area contributed by atoms with Crippen molar-refractivity contribution in [2.24, 2.45) is 4.99 Å². The molecule has 0 amide bonds. The highest BCUT2D eigenvalue weighted by atomic mass is 35.5. The van der Waals surface area contributed by atoms with Gasteiger partial charge in [0.25, 0.3) is 0 Å². The molecular formula is C11H12ClN. The molecule has 13 heavy (non-hydrogen) atoms. The van der Waals surface area contributed by atoms with E-state index in [4.69, 9.17) is 11.6 Å². The first-order valence-corrected chi connectivity index (χ1v) is 4.50. The molecular weight excluding hydrogens is 182 g/mol. The fraction of sp³-hybridized carbons (Fsp3) is 0.182. The predicted octanol–water partition coefficient (Wildman–Crippen LogP) is 3.34. The second-order valence-corrected chi connectivity index (χ2v) is 3.10. The lowest BCUT2D eigenvalue weighted by atomic mass is 10.1. The second-order valence-electron chi connectivity index (χ2n) is 2.69. The third-order valence-corrected chi connectivity index (χ3v) is 2.05. The van der Waals surface area contributed by atoms with Gasteiger partial charge in [-0.05, 0) is 13.0 Å². The van der Waals surface area contributed by atoms with E-state index in [-0.39, 0.29) is 0 Å². The number of aliphatic imine (C=N–C) groups is 1. The summed E-state index contributed by atoms with van der Waals surface area (Å²) in [7, 11) is 0. The Hall–Kier alpha value is -1.08. The van der Waals surface area contributed by atoms with Crippen LogP contribution in [-0.2, 0) is 0 Å². The topological polar surface area (TPSA) is 12.4 Å². The van der Waals surface area contributed by atoms with Crippen LogP contribution in [0.25, 0.3) is 0 Å². The molecule has 0 radical (unpaired) electrons. The first-order chi connectivity index (χ1) is 6.25. The standard InChI is InChI=1S/C11H12ClN/c1-3-8-13-9(2)10-6-4-5-7-11(10)12/h3-7H,1,8H2,2H3. The average Bonchev–Trinajstić information content (AvgIpc) is 2.15. The van der Waals surface area contributed by atoms with Gasteiger partial charge < -0.3 is 0 Å². The highest BCUT2D eigenvalue weighted by molar-refractivity contribution is 6.34. The van der Waals surface area contributed by atoms with Crippen LogP contribution < -0.4 is 0 Å². The summed E-state index contributed by atoms with van der Waals surface area (Å²) >= 11 is 5.99. The lowest BCUT2D eigenvalue weighted by Gasteiger charge is -2.01. The number of nitrogens with zero attached hydrogens (tertiary/aromatic N) is 1. The molecule has 0 bridgehead atoms. The van der Waals surface area contributed by atoms with Crippen LogP contribution in [0.3, 0.4) is 0 Å². The van der Waals surface area contributed by atoms with Crippen molar-refractivity contribution in [2.75, 3.05) is 6.54 Å². The van der Waals surface area contributed by atoms with Gasteiger partial charge in [-0.15, -0.1) is 6.58 Å². The van der Waals surface area contributed by atoms with Crippen molar-refractivity contribution >= 4 is 17.3 Å². The van der Waals surface area contributed by atoms with Gasteiger partial charge in [0.2, 0.25) is 0 Å². The van der Waals surface area contributed by atoms with Gasteiger partial charge in [0, 0.05) is 16.3 Å². The van der Waals surface area contributed by atoms with Gasteiger partial charge in [0.1, 0.15) is 0 Å². The molecule has 0 saturated carbocycles. The van der Waals surface area contributed by atoms with E-state index in [1.165, 1.54) is 0 Å². The van der Waals surface area contributed by atoms with Crippen LogP contribution >= 0.6 is 11.6 Å². The van der Waals surface area contributed by atoms with E-state index in [9.17, 15) is 0 Å². The fourth-order valence-electron chi connectivity index (χ4n) is 1.04. The maximum Gasteiger partial charge on any atom is 0.0571 e. The van der Waals surface area contributed by atoms with Crippen LogP contribution in [0.5, 0.6) is 0 Å². The van der Waals surface area contributed by atoms with Crippen molar-refractivity contribution in [1.82, 2.24) is 0 Å². The van der Waals surface area contributed by atoms with Crippen LogP contribution in [0, 0.1) is 0 Å². The highest BCUT2D eigenvalue weighted by Crippen LogP contribution is 2.15. The van der Waals surface area contributed by atoms with Crippen LogP contribution in [0.1, 0.15) is 12.5 Å². The smallest absolute Gasteiger partial charge is 0.0571 e. The van der Waals surface area contributed by atoms with E-state index in [0.717, 1.165) is 16.3 Å². The molecule has 0 aliphatic rings. The summed E-state index contributed by atoms with van der Waals surface area (Å²) in [5.74, 6) is 0. The van der Waals surface area contributed by atoms with E-state index in [2.05, 4.69) is 11.6 Å². The fourth-order valence-corrected chi connectivity index (χ4v) is 1.31. The predicted molar refractivity (Wildman–Crippen MR) is 58.7 cm³/mol. The third-order valence-electron chi connectivity index (χ3n) is 1.72. The van der Waals surface area contributed by atoms with Crippen molar-refractivity contribution in [3.8, 4) is 0 Å². The summed E-state index contributed by atoms with van der Waals surface area (Å²) in [5, 5.41) is 0.743. The van der Waals surface area contributed by atoms with Crippen molar-refractivity contribution in [3.05, 3.63) is 47.5 Å². The Labute approximate surface area is 83.8 Å². The summed E-state index contributed by atoms with van der Waals surface area (Å²) < 4.78 is 0. The SMILES string of the molecule is C=CCN=C(C)c1ccccc1Cl. The quantitative estimate of drug-likeness (QED) is 0.516. The molecule has 0 fully saturated rings. The summed E-state index contributed by atoms with van der Waals surface area (Å²) in [5.41, 5.74) is 1.94. The Bertz CT molecular complexity index is 329. The molecule has 1 aromatic carbocycles. The Morgan fingerprint density at radius 1 is 1.54 bits per heavy atom. The molecule has 0 aliphatic heterocycles.